The summed E-state index contributed by atoms with van der Waals surface area (Å²) in [6.45, 7) is 6.33. The van der Waals surface area contributed by atoms with Crippen molar-refractivity contribution in [2.75, 3.05) is 13.7 Å². The average molecular weight is 208 g/mol. The Morgan fingerprint density at radius 2 is 2.00 bits per heavy atom. The van der Waals surface area contributed by atoms with Gasteiger partial charge in [0.1, 0.15) is 5.75 Å². The molecule has 1 aromatic carbocycles. The lowest BCUT2D eigenvalue weighted by Gasteiger charge is -2.21. The van der Waals surface area contributed by atoms with Crippen LogP contribution in [0.2, 0.25) is 0 Å². The lowest BCUT2D eigenvalue weighted by molar-refractivity contribution is 0.159. The molecule has 0 aliphatic rings. The van der Waals surface area contributed by atoms with E-state index in [1.54, 1.807) is 7.11 Å². The molecule has 0 heterocycles. The van der Waals surface area contributed by atoms with Crippen LogP contribution in [-0.4, -0.2) is 18.8 Å². The van der Waals surface area contributed by atoms with E-state index in [2.05, 4.69) is 26.0 Å². The first-order valence-corrected chi connectivity index (χ1v) is 5.23. The summed E-state index contributed by atoms with van der Waals surface area (Å²) in [7, 11) is 1.68. The maximum absolute atomic E-state index is 9.21. The van der Waals surface area contributed by atoms with E-state index in [0.717, 1.165) is 17.7 Å². The van der Waals surface area contributed by atoms with Crippen molar-refractivity contribution in [1.82, 2.24) is 0 Å². The monoisotopic (exact) mass is 208 g/mol. The SMILES string of the molecule is COc1cc(CC(C)(C)CO)ccc1C. The molecule has 0 radical (unpaired) electrons. The molecule has 0 saturated carbocycles. The summed E-state index contributed by atoms with van der Waals surface area (Å²) in [5.74, 6) is 0.918. The van der Waals surface area contributed by atoms with Gasteiger partial charge >= 0.3 is 0 Å². The Kier molecular flexibility index (Phi) is 3.75. The van der Waals surface area contributed by atoms with Crippen LogP contribution in [-0.2, 0) is 6.42 Å². The van der Waals surface area contributed by atoms with Gasteiger partial charge in [0.05, 0.1) is 7.11 Å². The molecule has 0 saturated heterocycles. The summed E-state index contributed by atoms with van der Waals surface area (Å²) in [6.07, 6.45) is 0.861. The van der Waals surface area contributed by atoms with E-state index in [9.17, 15) is 5.11 Å². The van der Waals surface area contributed by atoms with Gasteiger partial charge in [-0.2, -0.15) is 0 Å². The van der Waals surface area contributed by atoms with E-state index in [4.69, 9.17) is 4.74 Å². The number of methoxy groups -OCH3 is 1. The highest BCUT2D eigenvalue weighted by Gasteiger charge is 2.17. The first kappa shape index (κ1) is 12.1. The molecule has 0 atom stereocenters. The van der Waals surface area contributed by atoms with E-state index in [-0.39, 0.29) is 12.0 Å². The van der Waals surface area contributed by atoms with Crippen molar-refractivity contribution in [3.63, 3.8) is 0 Å². The lowest BCUT2D eigenvalue weighted by Crippen LogP contribution is -2.19. The molecule has 1 N–H and O–H groups in total. The second kappa shape index (κ2) is 4.67. The Bertz CT molecular complexity index is 329. The summed E-state index contributed by atoms with van der Waals surface area (Å²) in [5, 5.41) is 9.21. The summed E-state index contributed by atoms with van der Waals surface area (Å²) >= 11 is 0. The molecule has 0 aromatic heterocycles. The van der Waals surface area contributed by atoms with Gasteiger partial charge in [0, 0.05) is 6.61 Å². The number of hydrogen-bond acceptors (Lipinski definition) is 2. The highest BCUT2D eigenvalue weighted by molar-refractivity contribution is 5.36. The maximum Gasteiger partial charge on any atom is 0.122 e. The van der Waals surface area contributed by atoms with E-state index in [1.807, 2.05) is 13.0 Å². The van der Waals surface area contributed by atoms with Gasteiger partial charge in [0.25, 0.3) is 0 Å². The number of aryl methyl sites for hydroxylation is 1. The second-order valence-electron chi connectivity index (χ2n) is 4.80. The van der Waals surface area contributed by atoms with E-state index >= 15 is 0 Å². The van der Waals surface area contributed by atoms with Gasteiger partial charge in [0.2, 0.25) is 0 Å². The van der Waals surface area contributed by atoms with Crippen LogP contribution in [0.15, 0.2) is 18.2 Å². The van der Waals surface area contributed by atoms with Crippen molar-refractivity contribution in [2.45, 2.75) is 27.2 Å². The summed E-state index contributed by atoms with van der Waals surface area (Å²) in [4.78, 5) is 0. The standard InChI is InChI=1S/C13H20O2/c1-10-5-6-11(7-12(10)15-4)8-13(2,3)9-14/h5-7,14H,8-9H2,1-4H3. The van der Waals surface area contributed by atoms with Crippen molar-refractivity contribution in [2.24, 2.45) is 5.41 Å². The van der Waals surface area contributed by atoms with Gasteiger partial charge < -0.3 is 9.84 Å². The predicted molar refractivity (Wildman–Crippen MR) is 62.3 cm³/mol. The van der Waals surface area contributed by atoms with Gasteiger partial charge in [-0.1, -0.05) is 26.0 Å². The van der Waals surface area contributed by atoms with Crippen LogP contribution < -0.4 is 4.74 Å². The highest BCUT2D eigenvalue weighted by Crippen LogP contribution is 2.25. The molecule has 1 aromatic rings. The molecular formula is C13H20O2. The van der Waals surface area contributed by atoms with E-state index < -0.39 is 0 Å². The fraction of sp³-hybridized carbons (Fsp3) is 0.538. The molecule has 84 valence electrons. The number of benzene rings is 1. The third kappa shape index (κ3) is 3.24. The molecule has 0 spiro atoms. The zero-order chi connectivity index (χ0) is 11.5. The molecule has 15 heavy (non-hydrogen) atoms. The summed E-state index contributed by atoms with van der Waals surface area (Å²) < 4.78 is 5.27. The van der Waals surface area contributed by atoms with E-state index in [1.165, 1.54) is 5.56 Å². The predicted octanol–water partition coefficient (Wildman–Crippen LogP) is 2.56. The average Bonchev–Trinajstić information content (AvgIpc) is 2.20. The van der Waals surface area contributed by atoms with Gasteiger partial charge in [-0.3, -0.25) is 0 Å². The number of ether oxygens (including phenoxy) is 1. The molecule has 1 rings (SSSR count). The quantitative estimate of drug-likeness (QED) is 0.824. The van der Waals surface area contributed by atoms with Crippen molar-refractivity contribution >= 4 is 0 Å². The fourth-order valence-corrected chi connectivity index (χ4v) is 1.58. The minimum atomic E-state index is -0.0692. The zero-order valence-corrected chi connectivity index (χ0v) is 10.0. The third-order valence-corrected chi connectivity index (χ3v) is 2.58. The Balaban J connectivity index is 2.87. The minimum Gasteiger partial charge on any atom is -0.496 e. The van der Waals surface area contributed by atoms with Crippen molar-refractivity contribution < 1.29 is 9.84 Å². The number of rotatable bonds is 4. The number of aliphatic hydroxyl groups excluding tert-OH is 1. The van der Waals surface area contributed by atoms with Crippen LogP contribution in [0.25, 0.3) is 0 Å². The number of hydrogen-bond donors (Lipinski definition) is 1. The lowest BCUT2D eigenvalue weighted by atomic mass is 9.86. The summed E-state index contributed by atoms with van der Waals surface area (Å²) in [6, 6.07) is 6.20. The maximum atomic E-state index is 9.21. The van der Waals surface area contributed by atoms with Crippen molar-refractivity contribution in [3.05, 3.63) is 29.3 Å². The smallest absolute Gasteiger partial charge is 0.122 e. The summed E-state index contributed by atoms with van der Waals surface area (Å²) in [5.41, 5.74) is 2.28. The minimum absolute atomic E-state index is 0.0692. The van der Waals surface area contributed by atoms with Crippen LogP contribution in [0, 0.1) is 12.3 Å². The molecule has 2 nitrogen and oxygen atoms in total. The molecule has 0 amide bonds. The molecule has 0 aliphatic heterocycles. The molecule has 2 heteroatoms. The Morgan fingerprint density at radius 1 is 1.33 bits per heavy atom. The topological polar surface area (TPSA) is 29.5 Å². The zero-order valence-electron chi connectivity index (χ0n) is 10.0. The van der Waals surface area contributed by atoms with E-state index in [0.29, 0.717) is 0 Å². The molecule has 0 aliphatic carbocycles. The highest BCUT2D eigenvalue weighted by atomic mass is 16.5. The first-order chi connectivity index (χ1) is 6.98. The third-order valence-electron chi connectivity index (χ3n) is 2.58. The van der Waals surface area contributed by atoms with Crippen molar-refractivity contribution in [1.29, 1.82) is 0 Å². The van der Waals surface area contributed by atoms with Gasteiger partial charge in [-0.15, -0.1) is 0 Å². The first-order valence-electron chi connectivity index (χ1n) is 5.23. The molecular weight excluding hydrogens is 188 g/mol. The molecule has 0 bridgehead atoms. The fourth-order valence-electron chi connectivity index (χ4n) is 1.58. The van der Waals surface area contributed by atoms with Gasteiger partial charge in [0.15, 0.2) is 0 Å². The largest absolute Gasteiger partial charge is 0.496 e. The van der Waals surface area contributed by atoms with Gasteiger partial charge in [-0.25, -0.2) is 0 Å². The Morgan fingerprint density at radius 3 is 2.53 bits per heavy atom. The van der Waals surface area contributed by atoms with Crippen LogP contribution in [0.1, 0.15) is 25.0 Å². The van der Waals surface area contributed by atoms with Crippen molar-refractivity contribution in [3.8, 4) is 5.75 Å². The van der Waals surface area contributed by atoms with Crippen LogP contribution in [0.4, 0.5) is 0 Å². The normalized spacial score (nSPS) is 11.5. The van der Waals surface area contributed by atoms with Gasteiger partial charge in [-0.05, 0) is 36.0 Å². The van der Waals surface area contributed by atoms with Crippen LogP contribution in [0.5, 0.6) is 5.75 Å². The number of aliphatic hydroxyl groups is 1. The Labute approximate surface area is 91.9 Å². The molecule has 0 fully saturated rings. The van der Waals surface area contributed by atoms with Crippen LogP contribution in [0.3, 0.4) is 0 Å². The molecule has 0 unspecified atom stereocenters. The van der Waals surface area contributed by atoms with Crippen LogP contribution >= 0.6 is 0 Å². The Hall–Kier alpha value is -1.02. The second-order valence-corrected chi connectivity index (χ2v) is 4.80.